The molecule has 1 aliphatic carbocycles. The van der Waals surface area contributed by atoms with Crippen LogP contribution in [0.5, 0.6) is 5.75 Å². The van der Waals surface area contributed by atoms with E-state index in [2.05, 4.69) is 4.90 Å². The van der Waals surface area contributed by atoms with Crippen molar-refractivity contribution in [3.05, 3.63) is 35.4 Å². The van der Waals surface area contributed by atoms with E-state index in [1.807, 2.05) is 23.1 Å². The summed E-state index contributed by atoms with van der Waals surface area (Å²) in [5, 5.41) is 9.87. The third-order valence-corrected chi connectivity index (χ3v) is 5.60. The van der Waals surface area contributed by atoms with Crippen molar-refractivity contribution in [2.45, 2.75) is 44.8 Å². The number of rotatable bonds is 5. The van der Waals surface area contributed by atoms with Crippen molar-refractivity contribution in [2.24, 2.45) is 0 Å². The van der Waals surface area contributed by atoms with Crippen molar-refractivity contribution in [1.82, 2.24) is 9.80 Å². The third kappa shape index (κ3) is 4.27. The normalized spacial score (nSPS) is 20.7. The lowest BCUT2D eigenvalue weighted by Gasteiger charge is -2.37. The van der Waals surface area contributed by atoms with Gasteiger partial charge >= 0.3 is 0 Å². The van der Waals surface area contributed by atoms with Gasteiger partial charge in [0.1, 0.15) is 5.75 Å². The van der Waals surface area contributed by atoms with Gasteiger partial charge in [0.25, 0.3) is 0 Å². The van der Waals surface area contributed by atoms with Crippen LogP contribution in [-0.4, -0.2) is 60.1 Å². The van der Waals surface area contributed by atoms with E-state index >= 15 is 0 Å². The van der Waals surface area contributed by atoms with Gasteiger partial charge in [0.15, 0.2) is 0 Å². The van der Waals surface area contributed by atoms with E-state index in [-0.39, 0.29) is 5.91 Å². The van der Waals surface area contributed by atoms with Crippen molar-refractivity contribution in [1.29, 1.82) is 0 Å². The first-order valence-corrected chi connectivity index (χ1v) is 9.66. The minimum atomic E-state index is -0.613. The number of carbonyl (C=O) groups excluding carboxylic acids is 1. The second kappa shape index (κ2) is 8.69. The number of aliphatic hydroxyl groups is 1. The predicted molar refractivity (Wildman–Crippen MR) is 103 cm³/mol. The maximum Gasteiger partial charge on any atom is 0.246 e. The lowest BCUT2D eigenvalue weighted by atomic mass is 10.0. The molecule has 0 bridgehead atoms. The molecule has 1 atom stereocenters. The summed E-state index contributed by atoms with van der Waals surface area (Å²) in [4.78, 5) is 17.0. The van der Waals surface area contributed by atoms with E-state index < -0.39 is 6.10 Å². The molecule has 3 rings (SSSR count). The fourth-order valence-corrected chi connectivity index (χ4v) is 4.11. The third-order valence-electron chi connectivity index (χ3n) is 5.60. The summed E-state index contributed by atoms with van der Waals surface area (Å²) in [5.41, 5.74) is 1.54. The first kappa shape index (κ1) is 18.9. The number of carbonyl (C=O) groups is 1. The van der Waals surface area contributed by atoms with Crippen LogP contribution < -0.4 is 4.74 Å². The van der Waals surface area contributed by atoms with Crippen LogP contribution in [0, 0.1) is 0 Å². The number of hydrogen-bond donors (Lipinski definition) is 1. The quantitative estimate of drug-likeness (QED) is 0.823. The molecule has 5 heteroatoms. The summed E-state index contributed by atoms with van der Waals surface area (Å²) < 4.78 is 5.44. The number of para-hydroxylation sites is 1. The van der Waals surface area contributed by atoms with E-state index in [0.29, 0.717) is 5.75 Å². The van der Waals surface area contributed by atoms with Gasteiger partial charge in [-0.1, -0.05) is 31.0 Å². The van der Waals surface area contributed by atoms with Crippen LogP contribution in [-0.2, 0) is 4.79 Å². The number of benzene rings is 1. The van der Waals surface area contributed by atoms with Gasteiger partial charge in [-0.3, -0.25) is 9.69 Å². The lowest BCUT2D eigenvalue weighted by Crippen LogP contribution is -2.51. The molecule has 1 aromatic rings. The van der Waals surface area contributed by atoms with Gasteiger partial charge < -0.3 is 14.7 Å². The molecule has 1 saturated heterocycles. The Hall–Kier alpha value is -1.85. The molecule has 1 aromatic carbocycles. The molecule has 2 fully saturated rings. The number of hydrogen-bond acceptors (Lipinski definition) is 4. The second-order valence-electron chi connectivity index (χ2n) is 7.28. The predicted octanol–water partition coefficient (Wildman–Crippen LogP) is 2.85. The van der Waals surface area contributed by atoms with Gasteiger partial charge in [-0.2, -0.15) is 0 Å². The summed E-state index contributed by atoms with van der Waals surface area (Å²) in [6.45, 7) is 5.26. The molecule has 5 nitrogen and oxygen atoms in total. The Bertz CT molecular complexity index is 643. The SMILES string of the molecule is COc1c(/C=C\C(=O)N2CCN(C3CCCC3)CC2)cccc1C(C)O. The summed E-state index contributed by atoms with van der Waals surface area (Å²) >= 11 is 0. The summed E-state index contributed by atoms with van der Waals surface area (Å²) in [5.74, 6) is 0.665. The minimum Gasteiger partial charge on any atom is -0.496 e. The van der Waals surface area contributed by atoms with Gasteiger partial charge in [-0.05, 0) is 25.8 Å². The molecule has 26 heavy (non-hydrogen) atoms. The number of nitrogens with zero attached hydrogens (tertiary/aromatic N) is 2. The van der Waals surface area contributed by atoms with Gasteiger partial charge in [0.05, 0.1) is 13.2 Å². The van der Waals surface area contributed by atoms with Crippen LogP contribution >= 0.6 is 0 Å². The minimum absolute atomic E-state index is 0.0422. The Labute approximate surface area is 156 Å². The maximum atomic E-state index is 12.5. The van der Waals surface area contributed by atoms with Crippen molar-refractivity contribution >= 4 is 12.0 Å². The highest BCUT2D eigenvalue weighted by molar-refractivity contribution is 5.92. The molecule has 2 aliphatic rings. The number of aliphatic hydroxyl groups excluding tert-OH is 1. The fourth-order valence-electron chi connectivity index (χ4n) is 4.11. The van der Waals surface area contributed by atoms with Crippen LogP contribution in [0.4, 0.5) is 0 Å². The maximum absolute atomic E-state index is 12.5. The van der Waals surface area contributed by atoms with E-state index in [0.717, 1.165) is 43.3 Å². The smallest absolute Gasteiger partial charge is 0.246 e. The molecule has 1 saturated carbocycles. The zero-order valence-electron chi connectivity index (χ0n) is 15.9. The molecule has 1 amide bonds. The summed E-state index contributed by atoms with van der Waals surface area (Å²) in [7, 11) is 1.59. The molecular weight excluding hydrogens is 328 g/mol. The van der Waals surface area contributed by atoms with Crippen molar-refractivity contribution in [3.63, 3.8) is 0 Å². The van der Waals surface area contributed by atoms with Gasteiger partial charge in [0.2, 0.25) is 5.91 Å². The highest BCUT2D eigenvalue weighted by Gasteiger charge is 2.27. The Kier molecular flexibility index (Phi) is 6.33. The Morgan fingerprint density at radius 1 is 1.23 bits per heavy atom. The molecule has 1 unspecified atom stereocenters. The molecule has 142 valence electrons. The molecule has 1 N–H and O–H groups in total. The molecular formula is C21H30N2O3. The first-order valence-electron chi connectivity index (χ1n) is 9.66. The molecule has 0 aromatic heterocycles. The van der Waals surface area contributed by atoms with E-state index in [9.17, 15) is 9.90 Å². The topological polar surface area (TPSA) is 53.0 Å². The summed E-state index contributed by atoms with van der Waals surface area (Å²) in [6, 6.07) is 6.34. The first-order chi connectivity index (χ1) is 12.6. The number of ether oxygens (including phenoxy) is 1. The van der Waals surface area contributed by atoms with Crippen LogP contribution in [0.1, 0.15) is 49.8 Å². The number of methoxy groups -OCH3 is 1. The van der Waals surface area contributed by atoms with Gasteiger partial charge in [-0.15, -0.1) is 0 Å². The van der Waals surface area contributed by atoms with Gasteiger partial charge in [-0.25, -0.2) is 0 Å². The van der Waals surface area contributed by atoms with Crippen LogP contribution in [0.2, 0.25) is 0 Å². The summed E-state index contributed by atoms with van der Waals surface area (Å²) in [6.07, 6.45) is 8.11. The molecule has 1 heterocycles. The Morgan fingerprint density at radius 2 is 1.92 bits per heavy atom. The highest BCUT2D eigenvalue weighted by atomic mass is 16.5. The second-order valence-corrected chi connectivity index (χ2v) is 7.28. The average Bonchev–Trinajstić information content (AvgIpc) is 3.20. The highest BCUT2D eigenvalue weighted by Crippen LogP contribution is 2.30. The van der Waals surface area contributed by atoms with Crippen molar-refractivity contribution in [2.75, 3.05) is 33.3 Å². The van der Waals surface area contributed by atoms with E-state index in [1.54, 1.807) is 26.2 Å². The number of piperazine rings is 1. The Morgan fingerprint density at radius 3 is 2.54 bits per heavy atom. The number of amides is 1. The monoisotopic (exact) mass is 358 g/mol. The van der Waals surface area contributed by atoms with E-state index in [1.165, 1.54) is 25.7 Å². The average molecular weight is 358 g/mol. The van der Waals surface area contributed by atoms with Crippen LogP contribution in [0.25, 0.3) is 6.08 Å². The zero-order chi connectivity index (χ0) is 18.5. The van der Waals surface area contributed by atoms with Gasteiger partial charge in [0, 0.05) is 49.4 Å². The zero-order valence-corrected chi connectivity index (χ0v) is 15.9. The fraction of sp³-hybridized carbons (Fsp3) is 0.571. The standard InChI is InChI=1S/C21H30N2O3/c1-16(24)19-9-5-6-17(21(19)26-2)10-11-20(25)23-14-12-22(13-15-23)18-7-3-4-8-18/h5-6,9-11,16,18,24H,3-4,7-8,12-15H2,1-2H3/b11-10-. The van der Waals surface area contributed by atoms with Crippen molar-refractivity contribution < 1.29 is 14.6 Å². The van der Waals surface area contributed by atoms with Crippen LogP contribution in [0.3, 0.4) is 0 Å². The van der Waals surface area contributed by atoms with E-state index in [4.69, 9.17) is 4.74 Å². The van der Waals surface area contributed by atoms with Crippen molar-refractivity contribution in [3.8, 4) is 5.75 Å². The largest absolute Gasteiger partial charge is 0.496 e. The lowest BCUT2D eigenvalue weighted by molar-refractivity contribution is -0.127. The molecule has 1 aliphatic heterocycles. The molecule has 0 spiro atoms. The molecule has 0 radical (unpaired) electrons. The Balaban J connectivity index is 1.61. The van der Waals surface area contributed by atoms with Crippen LogP contribution in [0.15, 0.2) is 24.3 Å².